The first-order valence-electron chi connectivity index (χ1n) is 7.85. The number of aromatic nitrogens is 4. The predicted octanol–water partition coefficient (Wildman–Crippen LogP) is 2.89. The van der Waals surface area contributed by atoms with Gasteiger partial charge in [0.1, 0.15) is 6.33 Å². The summed E-state index contributed by atoms with van der Waals surface area (Å²) in [5.41, 5.74) is 2.28. The van der Waals surface area contributed by atoms with E-state index in [9.17, 15) is 0 Å². The lowest BCUT2D eigenvalue weighted by molar-refractivity contribution is 0.404. The normalized spacial score (nSPS) is 17.6. The Morgan fingerprint density at radius 1 is 1.38 bits per heavy atom. The Morgan fingerprint density at radius 2 is 2.24 bits per heavy atom. The van der Waals surface area contributed by atoms with Crippen LogP contribution in [0.3, 0.4) is 0 Å². The standard InChI is InChI=1S/C16H23N5/c1-3-15(9-13-7-8-13)18-12(2)14-5-4-6-16(10-14)21-11-17-19-20-21/h4-6,10-13,15,18H,3,7-9H2,1-2H3. The van der Waals surface area contributed by atoms with Crippen LogP contribution < -0.4 is 5.32 Å². The SMILES string of the molecule is CCC(CC1CC1)NC(C)c1cccc(-n2cnnn2)c1. The van der Waals surface area contributed by atoms with E-state index in [4.69, 9.17) is 0 Å². The molecule has 1 heterocycles. The average molecular weight is 285 g/mol. The van der Waals surface area contributed by atoms with Gasteiger partial charge in [0.25, 0.3) is 0 Å². The summed E-state index contributed by atoms with van der Waals surface area (Å²) in [7, 11) is 0. The van der Waals surface area contributed by atoms with E-state index >= 15 is 0 Å². The molecule has 2 atom stereocenters. The summed E-state index contributed by atoms with van der Waals surface area (Å²) < 4.78 is 1.69. The van der Waals surface area contributed by atoms with E-state index in [0.29, 0.717) is 12.1 Å². The van der Waals surface area contributed by atoms with Crippen molar-refractivity contribution in [3.05, 3.63) is 36.2 Å². The first-order chi connectivity index (χ1) is 10.3. The topological polar surface area (TPSA) is 55.6 Å². The fourth-order valence-electron chi connectivity index (χ4n) is 2.77. The summed E-state index contributed by atoms with van der Waals surface area (Å²) in [5, 5.41) is 15.1. The third-order valence-electron chi connectivity index (χ3n) is 4.28. The Kier molecular flexibility index (Phi) is 4.29. The van der Waals surface area contributed by atoms with E-state index in [-0.39, 0.29) is 0 Å². The van der Waals surface area contributed by atoms with E-state index < -0.39 is 0 Å². The maximum atomic E-state index is 3.95. The molecule has 1 saturated carbocycles. The second kappa shape index (κ2) is 6.35. The molecular formula is C16H23N5. The lowest BCUT2D eigenvalue weighted by Crippen LogP contribution is -2.31. The molecule has 1 aromatic heterocycles. The number of tetrazole rings is 1. The van der Waals surface area contributed by atoms with E-state index in [1.54, 1.807) is 11.0 Å². The van der Waals surface area contributed by atoms with Gasteiger partial charge in [-0.3, -0.25) is 0 Å². The fraction of sp³-hybridized carbons (Fsp3) is 0.562. The Morgan fingerprint density at radius 3 is 2.90 bits per heavy atom. The van der Waals surface area contributed by atoms with E-state index in [1.807, 2.05) is 6.07 Å². The molecule has 1 aliphatic carbocycles. The number of hydrogen-bond donors (Lipinski definition) is 1. The molecule has 0 saturated heterocycles. The molecule has 2 unspecified atom stereocenters. The molecule has 0 spiro atoms. The van der Waals surface area contributed by atoms with E-state index in [2.05, 4.69) is 52.9 Å². The number of hydrogen-bond acceptors (Lipinski definition) is 4. The fourth-order valence-corrected chi connectivity index (χ4v) is 2.77. The molecule has 1 aromatic carbocycles. The first kappa shape index (κ1) is 14.2. The minimum atomic E-state index is 0.338. The Balaban J connectivity index is 1.68. The van der Waals surface area contributed by atoms with Crippen LogP contribution in [0.2, 0.25) is 0 Å². The molecule has 0 radical (unpaired) electrons. The van der Waals surface area contributed by atoms with Crippen LogP contribution in [0.4, 0.5) is 0 Å². The molecule has 112 valence electrons. The molecule has 1 fully saturated rings. The highest BCUT2D eigenvalue weighted by molar-refractivity contribution is 5.35. The number of nitrogens with one attached hydrogen (secondary N) is 1. The van der Waals surface area contributed by atoms with Crippen molar-refractivity contribution in [2.75, 3.05) is 0 Å². The Labute approximate surface area is 125 Å². The molecule has 1 aliphatic rings. The van der Waals surface area contributed by atoms with Crippen molar-refractivity contribution >= 4 is 0 Å². The third-order valence-corrected chi connectivity index (χ3v) is 4.28. The molecule has 0 amide bonds. The lowest BCUT2D eigenvalue weighted by atomic mass is 10.0. The van der Waals surface area contributed by atoms with Gasteiger partial charge < -0.3 is 5.32 Å². The van der Waals surface area contributed by atoms with Crippen molar-refractivity contribution in [1.29, 1.82) is 0 Å². The van der Waals surface area contributed by atoms with Gasteiger partial charge in [-0.15, -0.1) is 5.10 Å². The molecule has 0 bridgehead atoms. The van der Waals surface area contributed by atoms with Gasteiger partial charge in [-0.1, -0.05) is 31.9 Å². The summed E-state index contributed by atoms with van der Waals surface area (Å²) in [5.74, 6) is 0.960. The molecule has 1 N–H and O–H groups in total. The predicted molar refractivity (Wildman–Crippen MR) is 82.1 cm³/mol. The van der Waals surface area contributed by atoms with Gasteiger partial charge in [-0.25, -0.2) is 4.68 Å². The van der Waals surface area contributed by atoms with E-state index in [0.717, 1.165) is 11.6 Å². The zero-order chi connectivity index (χ0) is 14.7. The maximum Gasteiger partial charge on any atom is 0.143 e. The molecule has 5 heteroatoms. The largest absolute Gasteiger partial charge is 0.307 e. The number of rotatable bonds is 7. The molecular weight excluding hydrogens is 262 g/mol. The van der Waals surface area contributed by atoms with Crippen LogP contribution in [0.1, 0.15) is 51.1 Å². The summed E-state index contributed by atoms with van der Waals surface area (Å²) in [6.45, 7) is 4.50. The number of nitrogens with zero attached hydrogens (tertiary/aromatic N) is 4. The molecule has 3 rings (SSSR count). The van der Waals surface area contributed by atoms with Gasteiger partial charge in [0, 0.05) is 12.1 Å². The van der Waals surface area contributed by atoms with E-state index in [1.165, 1.54) is 31.2 Å². The minimum Gasteiger partial charge on any atom is -0.307 e. The Bertz CT molecular complexity index is 562. The number of benzene rings is 1. The zero-order valence-corrected chi connectivity index (χ0v) is 12.7. The van der Waals surface area contributed by atoms with Crippen molar-refractivity contribution in [2.24, 2.45) is 5.92 Å². The van der Waals surface area contributed by atoms with Crippen LogP contribution in [0.25, 0.3) is 5.69 Å². The van der Waals surface area contributed by atoms with Gasteiger partial charge in [0.15, 0.2) is 0 Å². The summed E-state index contributed by atoms with van der Waals surface area (Å²) in [6.07, 6.45) is 6.96. The molecule has 21 heavy (non-hydrogen) atoms. The van der Waals surface area contributed by atoms with Crippen molar-refractivity contribution in [1.82, 2.24) is 25.5 Å². The second-order valence-electron chi connectivity index (χ2n) is 6.02. The Hall–Kier alpha value is -1.75. The highest BCUT2D eigenvalue weighted by Crippen LogP contribution is 2.34. The zero-order valence-electron chi connectivity index (χ0n) is 12.7. The maximum absolute atomic E-state index is 3.95. The lowest BCUT2D eigenvalue weighted by Gasteiger charge is -2.23. The van der Waals surface area contributed by atoms with Gasteiger partial charge in [-0.05, 0) is 53.8 Å². The smallest absolute Gasteiger partial charge is 0.143 e. The monoisotopic (exact) mass is 285 g/mol. The molecule has 2 aromatic rings. The van der Waals surface area contributed by atoms with Crippen LogP contribution in [-0.2, 0) is 0 Å². The minimum absolute atomic E-state index is 0.338. The summed E-state index contributed by atoms with van der Waals surface area (Å²) in [4.78, 5) is 0. The van der Waals surface area contributed by atoms with Gasteiger partial charge in [-0.2, -0.15) is 0 Å². The quantitative estimate of drug-likeness (QED) is 0.850. The van der Waals surface area contributed by atoms with Crippen LogP contribution in [0.5, 0.6) is 0 Å². The van der Waals surface area contributed by atoms with Crippen LogP contribution in [0.15, 0.2) is 30.6 Å². The van der Waals surface area contributed by atoms with Gasteiger partial charge in [0.05, 0.1) is 5.69 Å². The van der Waals surface area contributed by atoms with Crippen LogP contribution in [0, 0.1) is 5.92 Å². The second-order valence-corrected chi connectivity index (χ2v) is 6.02. The summed E-state index contributed by atoms with van der Waals surface area (Å²) >= 11 is 0. The average Bonchev–Trinajstić information content (AvgIpc) is 3.16. The molecule has 5 nitrogen and oxygen atoms in total. The highest BCUT2D eigenvalue weighted by Gasteiger charge is 2.25. The third kappa shape index (κ3) is 3.67. The summed E-state index contributed by atoms with van der Waals surface area (Å²) in [6, 6.07) is 9.35. The van der Waals surface area contributed by atoms with Gasteiger partial charge in [0.2, 0.25) is 0 Å². The van der Waals surface area contributed by atoms with Crippen molar-refractivity contribution < 1.29 is 0 Å². The van der Waals surface area contributed by atoms with Crippen molar-refractivity contribution in [3.63, 3.8) is 0 Å². The van der Waals surface area contributed by atoms with Crippen molar-refractivity contribution in [2.45, 2.75) is 51.6 Å². The highest BCUT2D eigenvalue weighted by atomic mass is 15.5. The van der Waals surface area contributed by atoms with Crippen LogP contribution >= 0.6 is 0 Å². The van der Waals surface area contributed by atoms with Crippen LogP contribution in [-0.4, -0.2) is 26.2 Å². The first-order valence-corrected chi connectivity index (χ1v) is 7.85. The van der Waals surface area contributed by atoms with Gasteiger partial charge >= 0.3 is 0 Å². The van der Waals surface area contributed by atoms with Crippen molar-refractivity contribution in [3.8, 4) is 5.69 Å². The molecule has 0 aliphatic heterocycles.